The minimum absolute atomic E-state index is 0.125. The molecule has 0 saturated heterocycles. The Morgan fingerprint density at radius 1 is 1.64 bits per heavy atom. The number of rotatable bonds is 2. The minimum atomic E-state index is -0.949. The summed E-state index contributed by atoms with van der Waals surface area (Å²) in [5.41, 5.74) is 0.0898. The van der Waals surface area contributed by atoms with Gasteiger partial charge in [-0.1, -0.05) is 5.57 Å². The van der Waals surface area contributed by atoms with E-state index in [4.69, 9.17) is 4.74 Å². The van der Waals surface area contributed by atoms with Crippen molar-refractivity contribution in [3.05, 3.63) is 11.6 Å². The van der Waals surface area contributed by atoms with Crippen LogP contribution in [0.5, 0.6) is 0 Å². The molecular weight excluding hydrogens is 180 g/mol. The average molecular weight is 196 g/mol. The van der Waals surface area contributed by atoms with Crippen molar-refractivity contribution in [1.82, 2.24) is 0 Å². The Labute approximate surface area is 84.1 Å². The molecule has 0 unspecified atom stereocenters. The number of esters is 1. The van der Waals surface area contributed by atoms with Crippen LogP contribution in [0.2, 0.25) is 0 Å². The van der Waals surface area contributed by atoms with E-state index in [-0.39, 0.29) is 5.78 Å². The summed E-state index contributed by atoms with van der Waals surface area (Å²) < 4.78 is 4.90. The molecule has 3 heteroatoms. The van der Waals surface area contributed by atoms with E-state index in [2.05, 4.69) is 0 Å². The lowest BCUT2D eigenvalue weighted by atomic mass is 9.76. The molecule has 78 valence electrons. The van der Waals surface area contributed by atoms with Crippen LogP contribution in [0.4, 0.5) is 0 Å². The minimum Gasteiger partial charge on any atom is -0.465 e. The Morgan fingerprint density at radius 3 is 2.79 bits per heavy atom. The Morgan fingerprint density at radius 2 is 2.29 bits per heavy atom. The highest BCUT2D eigenvalue weighted by atomic mass is 16.5. The van der Waals surface area contributed by atoms with E-state index in [1.165, 1.54) is 0 Å². The second kappa shape index (κ2) is 3.95. The third-order valence-corrected chi connectivity index (χ3v) is 2.67. The monoisotopic (exact) mass is 196 g/mol. The maximum Gasteiger partial charge on any atom is 0.319 e. The normalized spacial score (nSPS) is 27.1. The summed E-state index contributed by atoms with van der Waals surface area (Å²) in [6.45, 7) is 5.64. The Hall–Kier alpha value is -1.12. The van der Waals surface area contributed by atoms with Crippen LogP contribution in [0.25, 0.3) is 0 Å². The van der Waals surface area contributed by atoms with Crippen LogP contribution < -0.4 is 0 Å². The van der Waals surface area contributed by atoms with Crippen LogP contribution in [0, 0.1) is 5.41 Å². The van der Waals surface area contributed by atoms with Gasteiger partial charge in [-0.3, -0.25) is 9.59 Å². The average Bonchev–Trinajstić information content (AvgIpc) is 2.12. The topological polar surface area (TPSA) is 43.4 Å². The van der Waals surface area contributed by atoms with Crippen molar-refractivity contribution in [1.29, 1.82) is 0 Å². The molecule has 0 amide bonds. The molecule has 3 nitrogen and oxygen atoms in total. The number of hydrogen-bond acceptors (Lipinski definition) is 3. The Bertz CT molecular complexity index is 291. The third-order valence-electron chi connectivity index (χ3n) is 2.67. The number of carbonyl (C=O) groups is 2. The molecule has 0 heterocycles. The standard InChI is InChI=1S/C11H16O3/c1-4-14-10(13)11(3)6-5-8(2)7-9(11)12/h7H,4-6H2,1-3H3/t11-/m0/s1. The maximum absolute atomic E-state index is 11.7. The second-order valence-electron chi connectivity index (χ2n) is 3.91. The summed E-state index contributed by atoms with van der Waals surface area (Å²) in [5, 5.41) is 0. The number of hydrogen-bond donors (Lipinski definition) is 0. The molecule has 1 rings (SSSR count). The fraction of sp³-hybridized carbons (Fsp3) is 0.636. The first-order valence-electron chi connectivity index (χ1n) is 4.89. The zero-order valence-corrected chi connectivity index (χ0v) is 8.92. The van der Waals surface area contributed by atoms with Crippen LogP contribution in [0.1, 0.15) is 33.6 Å². The SMILES string of the molecule is CCOC(=O)[C@@]1(C)CCC(C)=CC1=O. The lowest BCUT2D eigenvalue weighted by Gasteiger charge is -2.27. The largest absolute Gasteiger partial charge is 0.465 e. The summed E-state index contributed by atoms with van der Waals surface area (Å²) in [7, 11) is 0. The molecule has 0 fully saturated rings. The number of allylic oxidation sites excluding steroid dienone is 2. The molecule has 0 bridgehead atoms. The molecule has 0 radical (unpaired) electrons. The zero-order valence-electron chi connectivity index (χ0n) is 8.92. The number of carbonyl (C=O) groups excluding carboxylic acids is 2. The second-order valence-corrected chi connectivity index (χ2v) is 3.91. The van der Waals surface area contributed by atoms with Crippen LogP contribution in [-0.4, -0.2) is 18.4 Å². The first kappa shape index (κ1) is 11.0. The van der Waals surface area contributed by atoms with Gasteiger partial charge in [-0.05, 0) is 39.7 Å². The van der Waals surface area contributed by atoms with Crippen molar-refractivity contribution < 1.29 is 14.3 Å². The lowest BCUT2D eigenvalue weighted by molar-refractivity contribution is -0.158. The molecule has 1 aliphatic rings. The van der Waals surface area contributed by atoms with E-state index in [1.807, 2.05) is 6.92 Å². The zero-order chi connectivity index (χ0) is 10.8. The predicted octanol–water partition coefficient (Wildman–Crippen LogP) is 1.86. The van der Waals surface area contributed by atoms with Gasteiger partial charge in [0.1, 0.15) is 5.41 Å². The maximum atomic E-state index is 11.7. The van der Waals surface area contributed by atoms with Gasteiger partial charge in [0.15, 0.2) is 5.78 Å². The van der Waals surface area contributed by atoms with Gasteiger partial charge in [0, 0.05) is 0 Å². The van der Waals surface area contributed by atoms with Crippen LogP contribution in [-0.2, 0) is 14.3 Å². The lowest BCUT2D eigenvalue weighted by Crippen LogP contribution is -2.39. The van der Waals surface area contributed by atoms with Crippen molar-refractivity contribution in [3.8, 4) is 0 Å². The third kappa shape index (κ3) is 1.86. The number of ketones is 1. The summed E-state index contributed by atoms with van der Waals surface area (Å²) in [6.07, 6.45) is 2.91. The van der Waals surface area contributed by atoms with Crippen LogP contribution in [0.15, 0.2) is 11.6 Å². The van der Waals surface area contributed by atoms with E-state index < -0.39 is 11.4 Å². The van der Waals surface area contributed by atoms with Crippen LogP contribution >= 0.6 is 0 Å². The van der Waals surface area contributed by atoms with Crippen molar-refractivity contribution in [3.63, 3.8) is 0 Å². The summed E-state index contributed by atoms with van der Waals surface area (Å²) in [4.78, 5) is 23.2. The van der Waals surface area contributed by atoms with E-state index in [1.54, 1.807) is 19.9 Å². The fourth-order valence-electron chi connectivity index (χ4n) is 1.52. The van der Waals surface area contributed by atoms with Gasteiger partial charge in [0.25, 0.3) is 0 Å². The first-order valence-corrected chi connectivity index (χ1v) is 4.89. The van der Waals surface area contributed by atoms with Gasteiger partial charge in [0.2, 0.25) is 0 Å². The molecule has 0 aromatic carbocycles. The molecule has 0 aromatic heterocycles. The van der Waals surface area contributed by atoms with Gasteiger partial charge >= 0.3 is 5.97 Å². The highest BCUT2D eigenvalue weighted by molar-refractivity contribution is 6.09. The predicted molar refractivity (Wildman–Crippen MR) is 52.7 cm³/mol. The van der Waals surface area contributed by atoms with Crippen molar-refractivity contribution in [2.24, 2.45) is 5.41 Å². The summed E-state index contributed by atoms with van der Waals surface area (Å²) >= 11 is 0. The smallest absolute Gasteiger partial charge is 0.319 e. The quantitative estimate of drug-likeness (QED) is 0.500. The molecule has 0 N–H and O–H groups in total. The molecule has 0 spiro atoms. The number of ether oxygens (including phenoxy) is 1. The highest BCUT2D eigenvalue weighted by Crippen LogP contribution is 2.33. The summed E-state index contributed by atoms with van der Waals surface area (Å²) in [5.74, 6) is -0.520. The van der Waals surface area contributed by atoms with E-state index in [0.717, 1.165) is 12.0 Å². The van der Waals surface area contributed by atoms with Crippen molar-refractivity contribution in [2.75, 3.05) is 6.61 Å². The van der Waals surface area contributed by atoms with Gasteiger partial charge in [0.05, 0.1) is 6.61 Å². The van der Waals surface area contributed by atoms with Crippen molar-refractivity contribution in [2.45, 2.75) is 33.6 Å². The van der Waals surface area contributed by atoms with Gasteiger partial charge < -0.3 is 4.74 Å². The fourth-order valence-corrected chi connectivity index (χ4v) is 1.52. The molecule has 1 aliphatic carbocycles. The van der Waals surface area contributed by atoms with E-state index in [9.17, 15) is 9.59 Å². The van der Waals surface area contributed by atoms with Gasteiger partial charge in [-0.2, -0.15) is 0 Å². The molecule has 0 aliphatic heterocycles. The first-order chi connectivity index (χ1) is 6.50. The van der Waals surface area contributed by atoms with Crippen molar-refractivity contribution >= 4 is 11.8 Å². The van der Waals surface area contributed by atoms with Gasteiger partial charge in [-0.15, -0.1) is 0 Å². The molecule has 0 aromatic rings. The molecule has 0 saturated carbocycles. The van der Waals surface area contributed by atoms with E-state index >= 15 is 0 Å². The Kier molecular flexibility index (Phi) is 3.09. The molecule has 1 atom stereocenters. The summed E-state index contributed by atoms with van der Waals surface area (Å²) in [6, 6.07) is 0. The molecular formula is C11H16O3. The van der Waals surface area contributed by atoms with Gasteiger partial charge in [-0.25, -0.2) is 0 Å². The van der Waals surface area contributed by atoms with Crippen LogP contribution in [0.3, 0.4) is 0 Å². The molecule has 14 heavy (non-hydrogen) atoms. The highest BCUT2D eigenvalue weighted by Gasteiger charge is 2.42. The van der Waals surface area contributed by atoms with E-state index in [0.29, 0.717) is 13.0 Å². The Balaban J connectivity index is 2.85.